The Balaban J connectivity index is 2.33. The van der Waals surface area contributed by atoms with E-state index in [0.29, 0.717) is 12.5 Å². The zero-order valence-electron chi connectivity index (χ0n) is 6.36. The first-order chi connectivity index (χ1) is 5.43. The van der Waals surface area contributed by atoms with Crippen LogP contribution in [0.4, 0.5) is 0 Å². The normalized spacial score (nSPS) is 9.09. The molecule has 1 aromatic heterocycles. The van der Waals surface area contributed by atoms with Crippen LogP contribution in [0.3, 0.4) is 0 Å². The summed E-state index contributed by atoms with van der Waals surface area (Å²) in [6.07, 6.45) is 4.39. The maximum Gasteiger partial charge on any atom is 0.213 e. The largest absolute Gasteiger partial charge is 0.477 e. The Labute approximate surface area is 66.5 Å². The molecule has 0 aliphatic heterocycles. The highest BCUT2D eigenvalue weighted by molar-refractivity contribution is 5.08. The van der Waals surface area contributed by atoms with Gasteiger partial charge in [0.15, 0.2) is 0 Å². The monoisotopic (exact) mass is 149 g/mol. The fraction of sp³-hybridized carbons (Fsp3) is 0.222. The molecule has 0 aliphatic rings. The standard InChI is InChI=1S/C9H11NO/c1-2-3-8-11-9-6-4-5-7-10-9/h2,4-7H,1,3,8H2. The summed E-state index contributed by atoms with van der Waals surface area (Å²) in [5.41, 5.74) is 0. The van der Waals surface area contributed by atoms with Crippen LogP contribution in [0.5, 0.6) is 5.88 Å². The van der Waals surface area contributed by atoms with Crippen LogP contribution in [-0.4, -0.2) is 11.6 Å². The number of rotatable bonds is 4. The van der Waals surface area contributed by atoms with Crippen molar-refractivity contribution in [2.45, 2.75) is 6.42 Å². The average Bonchev–Trinajstić information content (AvgIpc) is 2.07. The maximum atomic E-state index is 5.26. The fourth-order valence-electron chi connectivity index (χ4n) is 0.679. The molecule has 1 heterocycles. The Bertz CT molecular complexity index is 208. The van der Waals surface area contributed by atoms with E-state index in [1.165, 1.54) is 0 Å². The van der Waals surface area contributed by atoms with Crippen molar-refractivity contribution in [3.8, 4) is 5.88 Å². The second-order valence-electron chi connectivity index (χ2n) is 2.09. The lowest BCUT2D eigenvalue weighted by Crippen LogP contribution is -1.96. The molecule has 2 heteroatoms. The minimum Gasteiger partial charge on any atom is -0.477 e. The first-order valence-corrected chi connectivity index (χ1v) is 3.58. The van der Waals surface area contributed by atoms with Crippen molar-refractivity contribution in [3.05, 3.63) is 37.1 Å². The van der Waals surface area contributed by atoms with E-state index in [9.17, 15) is 0 Å². The van der Waals surface area contributed by atoms with Crippen molar-refractivity contribution in [2.24, 2.45) is 0 Å². The molecular weight excluding hydrogens is 138 g/mol. The molecule has 0 saturated heterocycles. The third kappa shape index (κ3) is 2.85. The number of aromatic nitrogens is 1. The van der Waals surface area contributed by atoms with Crippen molar-refractivity contribution >= 4 is 0 Å². The van der Waals surface area contributed by atoms with E-state index in [-0.39, 0.29) is 0 Å². The zero-order valence-corrected chi connectivity index (χ0v) is 6.36. The molecule has 0 bridgehead atoms. The summed E-state index contributed by atoms with van der Waals surface area (Å²) in [5.74, 6) is 0.675. The first kappa shape index (κ1) is 7.79. The van der Waals surface area contributed by atoms with Gasteiger partial charge in [-0.05, 0) is 12.5 Å². The number of hydrogen-bond acceptors (Lipinski definition) is 2. The van der Waals surface area contributed by atoms with Crippen LogP contribution in [0.15, 0.2) is 37.1 Å². The number of nitrogens with zero attached hydrogens (tertiary/aromatic N) is 1. The van der Waals surface area contributed by atoms with Crippen molar-refractivity contribution in [2.75, 3.05) is 6.61 Å². The molecule has 0 atom stereocenters. The highest BCUT2D eigenvalue weighted by Gasteiger charge is 1.88. The third-order valence-electron chi connectivity index (χ3n) is 1.21. The molecule has 1 aromatic rings. The number of hydrogen-bond donors (Lipinski definition) is 0. The van der Waals surface area contributed by atoms with Gasteiger partial charge in [0, 0.05) is 12.3 Å². The second kappa shape index (κ2) is 4.50. The molecule has 11 heavy (non-hydrogen) atoms. The minimum atomic E-state index is 0.653. The lowest BCUT2D eigenvalue weighted by Gasteiger charge is -2.00. The predicted molar refractivity (Wildman–Crippen MR) is 44.5 cm³/mol. The summed E-state index contributed by atoms with van der Waals surface area (Å²) >= 11 is 0. The van der Waals surface area contributed by atoms with Gasteiger partial charge in [0.05, 0.1) is 6.61 Å². The maximum absolute atomic E-state index is 5.26. The minimum absolute atomic E-state index is 0.653. The fourth-order valence-corrected chi connectivity index (χ4v) is 0.679. The molecule has 0 radical (unpaired) electrons. The molecular formula is C9H11NO. The van der Waals surface area contributed by atoms with Crippen LogP contribution in [0.1, 0.15) is 6.42 Å². The molecule has 0 amide bonds. The Morgan fingerprint density at radius 2 is 2.45 bits per heavy atom. The van der Waals surface area contributed by atoms with E-state index in [4.69, 9.17) is 4.74 Å². The number of ether oxygens (including phenoxy) is 1. The van der Waals surface area contributed by atoms with Crippen molar-refractivity contribution in [1.82, 2.24) is 4.98 Å². The predicted octanol–water partition coefficient (Wildman–Crippen LogP) is 2.04. The van der Waals surface area contributed by atoms with Gasteiger partial charge in [-0.1, -0.05) is 12.1 Å². The van der Waals surface area contributed by atoms with E-state index < -0.39 is 0 Å². The van der Waals surface area contributed by atoms with Gasteiger partial charge in [-0.3, -0.25) is 0 Å². The summed E-state index contributed by atoms with van der Waals surface area (Å²) in [7, 11) is 0. The van der Waals surface area contributed by atoms with E-state index in [1.54, 1.807) is 6.20 Å². The van der Waals surface area contributed by atoms with Gasteiger partial charge < -0.3 is 4.74 Å². The number of pyridine rings is 1. The van der Waals surface area contributed by atoms with Gasteiger partial charge in [0.25, 0.3) is 0 Å². The summed E-state index contributed by atoms with van der Waals surface area (Å²) in [6, 6.07) is 5.60. The SMILES string of the molecule is C=CCCOc1ccccn1. The topological polar surface area (TPSA) is 22.1 Å². The van der Waals surface area contributed by atoms with E-state index in [2.05, 4.69) is 11.6 Å². The smallest absolute Gasteiger partial charge is 0.213 e. The highest BCUT2D eigenvalue weighted by atomic mass is 16.5. The lowest BCUT2D eigenvalue weighted by molar-refractivity contribution is 0.312. The average molecular weight is 149 g/mol. The van der Waals surface area contributed by atoms with Gasteiger partial charge in [-0.25, -0.2) is 4.98 Å². The van der Waals surface area contributed by atoms with Crippen LogP contribution in [0.25, 0.3) is 0 Å². The van der Waals surface area contributed by atoms with Gasteiger partial charge in [0.2, 0.25) is 5.88 Å². The van der Waals surface area contributed by atoms with Crippen LogP contribution in [0, 0.1) is 0 Å². The molecule has 0 fully saturated rings. The van der Waals surface area contributed by atoms with Crippen LogP contribution in [-0.2, 0) is 0 Å². The van der Waals surface area contributed by atoms with E-state index in [1.807, 2.05) is 24.3 Å². The van der Waals surface area contributed by atoms with Crippen molar-refractivity contribution < 1.29 is 4.74 Å². The van der Waals surface area contributed by atoms with E-state index in [0.717, 1.165) is 6.42 Å². The zero-order chi connectivity index (χ0) is 7.94. The molecule has 2 nitrogen and oxygen atoms in total. The van der Waals surface area contributed by atoms with Gasteiger partial charge in [-0.15, -0.1) is 6.58 Å². The van der Waals surface area contributed by atoms with Crippen LogP contribution < -0.4 is 4.74 Å². The highest BCUT2D eigenvalue weighted by Crippen LogP contribution is 2.02. The molecule has 0 aliphatic carbocycles. The Morgan fingerprint density at radius 1 is 1.55 bits per heavy atom. The van der Waals surface area contributed by atoms with E-state index >= 15 is 0 Å². The Hall–Kier alpha value is -1.31. The quantitative estimate of drug-likeness (QED) is 0.482. The lowest BCUT2D eigenvalue weighted by atomic mass is 10.4. The molecule has 1 rings (SSSR count). The van der Waals surface area contributed by atoms with Crippen LogP contribution >= 0.6 is 0 Å². The summed E-state index contributed by atoms with van der Waals surface area (Å²) in [6.45, 7) is 4.24. The summed E-state index contributed by atoms with van der Waals surface area (Å²) < 4.78 is 5.26. The van der Waals surface area contributed by atoms with Gasteiger partial charge >= 0.3 is 0 Å². The molecule has 0 N–H and O–H groups in total. The Kier molecular flexibility index (Phi) is 3.19. The molecule has 58 valence electrons. The Morgan fingerprint density at radius 3 is 3.09 bits per heavy atom. The van der Waals surface area contributed by atoms with Crippen molar-refractivity contribution in [3.63, 3.8) is 0 Å². The second-order valence-corrected chi connectivity index (χ2v) is 2.09. The first-order valence-electron chi connectivity index (χ1n) is 3.58. The summed E-state index contributed by atoms with van der Waals surface area (Å²) in [4.78, 5) is 3.99. The third-order valence-corrected chi connectivity index (χ3v) is 1.21. The van der Waals surface area contributed by atoms with Crippen LogP contribution in [0.2, 0.25) is 0 Å². The molecule has 0 spiro atoms. The molecule has 0 aromatic carbocycles. The molecule has 0 unspecified atom stereocenters. The van der Waals surface area contributed by atoms with Crippen molar-refractivity contribution in [1.29, 1.82) is 0 Å². The van der Waals surface area contributed by atoms with Gasteiger partial charge in [0.1, 0.15) is 0 Å². The van der Waals surface area contributed by atoms with Gasteiger partial charge in [-0.2, -0.15) is 0 Å². The molecule has 0 saturated carbocycles. The summed E-state index contributed by atoms with van der Waals surface area (Å²) in [5, 5.41) is 0.